The minimum Gasteiger partial charge on any atom is -0.374 e. The summed E-state index contributed by atoms with van der Waals surface area (Å²) < 4.78 is 0.509. The van der Waals surface area contributed by atoms with E-state index in [1.165, 1.54) is 6.07 Å². The number of nitro benzene ring substituents is 1. The number of rotatable bonds is 5. The van der Waals surface area contributed by atoms with E-state index in [-0.39, 0.29) is 35.1 Å². The first-order valence-electron chi connectivity index (χ1n) is 12.5. The fourth-order valence-electron chi connectivity index (χ4n) is 5.90. The maximum atomic E-state index is 13.4. The quantitative estimate of drug-likeness (QED) is 0.444. The van der Waals surface area contributed by atoms with Gasteiger partial charge in [0.1, 0.15) is 5.69 Å². The molecule has 4 aliphatic rings. The van der Waals surface area contributed by atoms with Gasteiger partial charge in [-0.05, 0) is 63.0 Å². The molecule has 1 saturated carbocycles. The van der Waals surface area contributed by atoms with Gasteiger partial charge in [0.25, 0.3) is 11.6 Å². The largest absolute Gasteiger partial charge is 0.374 e. The minimum atomic E-state index is -0.438. The first-order valence-corrected chi connectivity index (χ1v) is 13.2. The lowest BCUT2D eigenvalue weighted by Crippen LogP contribution is -2.50. The number of hydrogen-bond donors (Lipinski definition) is 2. The second-order valence-corrected chi connectivity index (χ2v) is 11.1. The van der Waals surface area contributed by atoms with Crippen molar-refractivity contribution in [1.82, 2.24) is 15.1 Å². The Morgan fingerprint density at radius 1 is 1.09 bits per heavy atom. The van der Waals surface area contributed by atoms with E-state index in [9.17, 15) is 19.7 Å². The van der Waals surface area contributed by atoms with Crippen LogP contribution in [0, 0.1) is 27.9 Å². The van der Waals surface area contributed by atoms with Gasteiger partial charge in [0.05, 0.1) is 16.4 Å². The molecular formula is C24H32BrN5O4. The van der Waals surface area contributed by atoms with Gasteiger partial charge in [0.2, 0.25) is 5.91 Å². The van der Waals surface area contributed by atoms with Gasteiger partial charge in [0, 0.05) is 49.3 Å². The van der Waals surface area contributed by atoms with Crippen molar-refractivity contribution < 1.29 is 14.5 Å². The molecule has 3 heterocycles. The van der Waals surface area contributed by atoms with E-state index in [2.05, 4.69) is 26.6 Å². The smallest absolute Gasteiger partial charge is 0.294 e. The van der Waals surface area contributed by atoms with Crippen LogP contribution in [0.2, 0.25) is 0 Å². The van der Waals surface area contributed by atoms with Crippen LogP contribution < -0.4 is 10.6 Å². The van der Waals surface area contributed by atoms with E-state index in [1.807, 2.05) is 4.90 Å². The Balaban J connectivity index is 1.36. The first-order chi connectivity index (χ1) is 16.4. The van der Waals surface area contributed by atoms with Crippen molar-refractivity contribution in [3.8, 4) is 0 Å². The standard InChI is InChI=1S/C24H32BrN5O4/c25-16-10-19(23(31)28-6-2-1-3-7-28)22(21(11-16)30(33)34)27-17-5-4-8-29(14-17)24(32)20-13-26-12-15-9-18(15)20/h10-11,15,17-18,20,26-27H,1-9,12-14H2/t15?,17-,18?,20?/m1/s1. The fraction of sp³-hybridized carbons (Fsp3) is 0.667. The highest BCUT2D eigenvalue weighted by molar-refractivity contribution is 9.10. The average Bonchev–Trinajstić information content (AvgIpc) is 3.64. The maximum absolute atomic E-state index is 13.4. The molecule has 3 unspecified atom stereocenters. The molecule has 3 aliphatic heterocycles. The highest BCUT2D eigenvalue weighted by atomic mass is 79.9. The summed E-state index contributed by atoms with van der Waals surface area (Å²) in [6.07, 6.45) is 5.74. The summed E-state index contributed by atoms with van der Waals surface area (Å²) in [6.45, 7) is 4.30. The van der Waals surface area contributed by atoms with Crippen LogP contribution in [0.15, 0.2) is 16.6 Å². The maximum Gasteiger partial charge on any atom is 0.294 e. The molecule has 0 aromatic heterocycles. The van der Waals surface area contributed by atoms with E-state index in [4.69, 9.17) is 0 Å². The number of piperidine rings is 3. The summed E-state index contributed by atoms with van der Waals surface area (Å²) in [4.78, 5) is 41.9. The third-order valence-electron chi connectivity index (χ3n) is 7.82. The second kappa shape index (κ2) is 9.81. The summed E-state index contributed by atoms with van der Waals surface area (Å²) in [5, 5.41) is 18.7. The summed E-state index contributed by atoms with van der Waals surface area (Å²) in [5.41, 5.74) is 0.476. The highest BCUT2D eigenvalue weighted by Gasteiger charge is 2.49. The number of benzene rings is 1. The van der Waals surface area contributed by atoms with Crippen molar-refractivity contribution in [2.45, 2.75) is 44.6 Å². The Labute approximate surface area is 207 Å². The van der Waals surface area contributed by atoms with E-state index in [0.29, 0.717) is 48.1 Å². The zero-order valence-electron chi connectivity index (χ0n) is 19.3. The summed E-state index contributed by atoms with van der Waals surface area (Å²) >= 11 is 3.35. The molecule has 3 saturated heterocycles. The predicted octanol–water partition coefficient (Wildman–Crippen LogP) is 3.24. The van der Waals surface area contributed by atoms with Gasteiger partial charge in [-0.15, -0.1) is 0 Å². The van der Waals surface area contributed by atoms with Crippen molar-refractivity contribution in [2.75, 3.05) is 44.6 Å². The van der Waals surface area contributed by atoms with Crippen LogP contribution in [0.5, 0.6) is 0 Å². The molecule has 34 heavy (non-hydrogen) atoms. The molecule has 1 aromatic rings. The van der Waals surface area contributed by atoms with Gasteiger partial charge in [-0.25, -0.2) is 0 Å². The SMILES string of the molecule is O=C(c1cc(Br)cc([N+](=O)[O-])c1N[C@@H]1CCCN(C(=O)C2CNCC3CC32)C1)N1CCCCC1. The molecule has 0 radical (unpaired) electrons. The van der Waals surface area contributed by atoms with Crippen LogP contribution in [0.25, 0.3) is 0 Å². The van der Waals surface area contributed by atoms with Gasteiger partial charge in [0.15, 0.2) is 0 Å². The number of carbonyl (C=O) groups is 2. The van der Waals surface area contributed by atoms with Crippen molar-refractivity contribution in [1.29, 1.82) is 0 Å². The molecule has 10 heteroatoms. The normalized spacial score (nSPS) is 28.7. The molecule has 2 amide bonds. The molecule has 5 rings (SSSR count). The Kier molecular flexibility index (Phi) is 6.79. The molecule has 1 aliphatic carbocycles. The number of hydrogen-bond acceptors (Lipinski definition) is 6. The molecule has 4 fully saturated rings. The zero-order chi connectivity index (χ0) is 23.8. The molecule has 2 N–H and O–H groups in total. The van der Waals surface area contributed by atoms with Crippen molar-refractivity contribution >= 4 is 39.1 Å². The molecule has 4 atom stereocenters. The van der Waals surface area contributed by atoms with E-state index in [0.717, 1.165) is 51.6 Å². The Hall–Kier alpha value is -2.20. The lowest BCUT2D eigenvalue weighted by Gasteiger charge is -2.37. The van der Waals surface area contributed by atoms with Crippen molar-refractivity contribution in [3.05, 3.63) is 32.3 Å². The second-order valence-electron chi connectivity index (χ2n) is 10.1. The number of carbonyl (C=O) groups excluding carboxylic acids is 2. The number of fused-ring (bicyclic) bond motifs is 1. The lowest BCUT2D eigenvalue weighted by molar-refractivity contribution is -0.384. The monoisotopic (exact) mass is 533 g/mol. The molecule has 9 nitrogen and oxygen atoms in total. The van der Waals surface area contributed by atoms with Crippen molar-refractivity contribution in [3.63, 3.8) is 0 Å². The topological polar surface area (TPSA) is 108 Å². The number of nitrogens with zero attached hydrogens (tertiary/aromatic N) is 3. The number of halogens is 1. The highest BCUT2D eigenvalue weighted by Crippen LogP contribution is 2.46. The molecule has 0 spiro atoms. The lowest BCUT2D eigenvalue weighted by atomic mass is 9.95. The van der Waals surface area contributed by atoms with E-state index < -0.39 is 4.92 Å². The zero-order valence-corrected chi connectivity index (χ0v) is 20.9. The Bertz CT molecular complexity index is 982. The van der Waals surface area contributed by atoms with Crippen LogP contribution in [0.4, 0.5) is 11.4 Å². The number of anilines is 1. The first kappa shape index (κ1) is 23.5. The third kappa shape index (κ3) is 4.79. The van der Waals surface area contributed by atoms with Gasteiger partial charge in [-0.3, -0.25) is 19.7 Å². The summed E-state index contributed by atoms with van der Waals surface area (Å²) in [5.74, 6) is 1.19. The molecule has 184 valence electrons. The van der Waals surface area contributed by atoms with Crippen molar-refractivity contribution in [2.24, 2.45) is 17.8 Å². The Morgan fingerprint density at radius 2 is 1.85 bits per heavy atom. The Morgan fingerprint density at radius 3 is 2.62 bits per heavy atom. The van der Waals surface area contributed by atoms with Gasteiger partial charge < -0.3 is 20.4 Å². The number of amides is 2. The molecular weight excluding hydrogens is 502 g/mol. The predicted molar refractivity (Wildman–Crippen MR) is 132 cm³/mol. The van der Waals surface area contributed by atoms with Gasteiger partial charge >= 0.3 is 0 Å². The fourth-order valence-corrected chi connectivity index (χ4v) is 6.35. The van der Waals surface area contributed by atoms with Crippen LogP contribution in [0.3, 0.4) is 0 Å². The van der Waals surface area contributed by atoms with Gasteiger partial charge in [-0.1, -0.05) is 15.9 Å². The van der Waals surface area contributed by atoms with E-state index in [1.54, 1.807) is 11.0 Å². The summed E-state index contributed by atoms with van der Waals surface area (Å²) in [6, 6.07) is 2.98. The third-order valence-corrected chi connectivity index (χ3v) is 8.27. The number of likely N-dealkylation sites (tertiary alicyclic amines) is 2. The molecule has 1 aromatic carbocycles. The van der Waals surface area contributed by atoms with Crippen LogP contribution in [-0.2, 0) is 4.79 Å². The molecule has 0 bridgehead atoms. The van der Waals surface area contributed by atoms with Crippen LogP contribution >= 0.6 is 15.9 Å². The number of nitrogens with one attached hydrogen (secondary N) is 2. The van der Waals surface area contributed by atoms with E-state index >= 15 is 0 Å². The minimum absolute atomic E-state index is 0.0377. The van der Waals surface area contributed by atoms with Crippen LogP contribution in [-0.4, -0.2) is 71.8 Å². The average molecular weight is 534 g/mol. The van der Waals surface area contributed by atoms with Crippen LogP contribution in [0.1, 0.15) is 48.9 Å². The summed E-state index contributed by atoms with van der Waals surface area (Å²) in [7, 11) is 0. The van der Waals surface area contributed by atoms with Gasteiger partial charge in [-0.2, -0.15) is 0 Å². The number of nitro groups is 1.